The Balaban J connectivity index is 1.56. The van der Waals surface area contributed by atoms with Crippen LogP contribution in [0.1, 0.15) is 12.5 Å². The van der Waals surface area contributed by atoms with Crippen molar-refractivity contribution in [2.45, 2.75) is 19.4 Å². The first-order valence-corrected chi connectivity index (χ1v) is 9.31. The lowest BCUT2D eigenvalue weighted by Crippen LogP contribution is -2.54. The molecule has 27 heavy (non-hydrogen) atoms. The van der Waals surface area contributed by atoms with Gasteiger partial charge in [-0.15, -0.1) is 0 Å². The summed E-state index contributed by atoms with van der Waals surface area (Å²) in [5.74, 6) is 0.337. The summed E-state index contributed by atoms with van der Waals surface area (Å²) >= 11 is 0. The van der Waals surface area contributed by atoms with Gasteiger partial charge in [0.25, 0.3) is 5.91 Å². The zero-order valence-corrected chi connectivity index (χ0v) is 16.2. The second-order valence-corrected chi connectivity index (χ2v) is 7.09. The Hall–Kier alpha value is -2.38. The number of hydrogen-bond acceptors (Lipinski definition) is 6. The SMILES string of the molecule is CCc1cc(=O)oc2cc(OCC(=O)NCC3CN(C)CCN3C)ccc12. The van der Waals surface area contributed by atoms with Gasteiger partial charge in [-0.1, -0.05) is 6.92 Å². The Bertz CT molecular complexity index is 864. The van der Waals surface area contributed by atoms with E-state index >= 15 is 0 Å². The monoisotopic (exact) mass is 373 g/mol. The molecule has 1 N–H and O–H groups in total. The van der Waals surface area contributed by atoms with Crippen LogP contribution in [-0.4, -0.2) is 68.6 Å². The Morgan fingerprint density at radius 2 is 2.11 bits per heavy atom. The first-order chi connectivity index (χ1) is 13.0. The van der Waals surface area contributed by atoms with E-state index in [0.717, 1.165) is 37.0 Å². The largest absolute Gasteiger partial charge is 0.484 e. The van der Waals surface area contributed by atoms with Crippen molar-refractivity contribution in [3.05, 3.63) is 40.2 Å². The standard InChI is InChI=1S/C20H27N3O4/c1-4-14-9-20(25)27-18-10-16(5-6-17(14)18)26-13-19(24)21-11-15-12-22(2)7-8-23(15)3/h5-6,9-10,15H,4,7-8,11-13H2,1-3H3,(H,21,24). The molecule has 1 fully saturated rings. The fourth-order valence-electron chi connectivity index (χ4n) is 3.35. The highest BCUT2D eigenvalue weighted by Gasteiger charge is 2.22. The number of nitrogens with one attached hydrogen (secondary N) is 1. The van der Waals surface area contributed by atoms with E-state index in [-0.39, 0.29) is 18.1 Å². The van der Waals surface area contributed by atoms with Crippen molar-refractivity contribution in [1.29, 1.82) is 0 Å². The van der Waals surface area contributed by atoms with Gasteiger partial charge in [0.15, 0.2) is 6.61 Å². The van der Waals surface area contributed by atoms with Gasteiger partial charge in [0.1, 0.15) is 11.3 Å². The van der Waals surface area contributed by atoms with Crippen molar-refractivity contribution in [3.63, 3.8) is 0 Å². The van der Waals surface area contributed by atoms with Crippen LogP contribution in [0.5, 0.6) is 5.75 Å². The zero-order chi connectivity index (χ0) is 19.4. The molecule has 1 saturated heterocycles. The topological polar surface area (TPSA) is 75.0 Å². The van der Waals surface area contributed by atoms with Crippen LogP contribution >= 0.6 is 0 Å². The van der Waals surface area contributed by atoms with Crippen LogP contribution < -0.4 is 15.7 Å². The van der Waals surface area contributed by atoms with E-state index in [0.29, 0.717) is 23.9 Å². The summed E-state index contributed by atoms with van der Waals surface area (Å²) in [4.78, 5) is 28.3. The molecule has 1 atom stereocenters. The zero-order valence-electron chi connectivity index (χ0n) is 16.2. The molecule has 0 spiro atoms. The smallest absolute Gasteiger partial charge is 0.336 e. The summed E-state index contributed by atoms with van der Waals surface area (Å²) in [5, 5.41) is 3.82. The van der Waals surface area contributed by atoms with Crippen molar-refractivity contribution in [1.82, 2.24) is 15.1 Å². The summed E-state index contributed by atoms with van der Waals surface area (Å²) in [5.41, 5.74) is 1.03. The molecule has 7 heteroatoms. The number of ether oxygens (including phenoxy) is 1. The molecule has 1 aromatic carbocycles. The maximum absolute atomic E-state index is 12.1. The van der Waals surface area contributed by atoms with E-state index in [2.05, 4.69) is 29.2 Å². The quantitative estimate of drug-likeness (QED) is 0.765. The minimum Gasteiger partial charge on any atom is -0.484 e. The van der Waals surface area contributed by atoms with Crippen LogP contribution in [0, 0.1) is 0 Å². The van der Waals surface area contributed by atoms with E-state index in [1.165, 1.54) is 6.07 Å². The van der Waals surface area contributed by atoms with Gasteiger partial charge in [0, 0.05) is 49.7 Å². The highest BCUT2D eigenvalue weighted by Crippen LogP contribution is 2.23. The molecular formula is C20H27N3O4. The average Bonchev–Trinajstić information content (AvgIpc) is 2.66. The van der Waals surface area contributed by atoms with Gasteiger partial charge in [0.05, 0.1) is 0 Å². The highest BCUT2D eigenvalue weighted by atomic mass is 16.5. The molecule has 0 saturated carbocycles. The van der Waals surface area contributed by atoms with Crippen molar-refractivity contribution in [2.75, 3.05) is 46.9 Å². The molecule has 1 amide bonds. The normalized spacial score (nSPS) is 18.6. The second-order valence-electron chi connectivity index (χ2n) is 7.09. The second kappa shape index (κ2) is 8.54. The number of piperazine rings is 1. The third kappa shape index (κ3) is 4.87. The van der Waals surface area contributed by atoms with Crippen LogP contribution in [0.4, 0.5) is 0 Å². The number of likely N-dealkylation sites (N-methyl/N-ethyl adjacent to an activating group) is 2. The van der Waals surface area contributed by atoms with Gasteiger partial charge >= 0.3 is 5.63 Å². The van der Waals surface area contributed by atoms with Gasteiger partial charge in [-0.25, -0.2) is 4.79 Å². The predicted octanol–water partition coefficient (Wildman–Crippen LogP) is 1.10. The van der Waals surface area contributed by atoms with Gasteiger partial charge in [-0.3, -0.25) is 9.69 Å². The van der Waals surface area contributed by atoms with Crippen LogP contribution in [0.15, 0.2) is 33.5 Å². The summed E-state index contributed by atoms with van der Waals surface area (Å²) in [6.07, 6.45) is 0.746. The molecule has 0 radical (unpaired) electrons. The highest BCUT2D eigenvalue weighted by molar-refractivity contribution is 5.82. The third-order valence-corrected chi connectivity index (χ3v) is 5.07. The molecule has 1 unspecified atom stereocenters. The molecular weight excluding hydrogens is 346 g/mol. The molecule has 7 nitrogen and oxygen atoms in total. The van der Waals surface area contributed by atoms with Gasteiger partial charge in [0.2, 0.25) is 0 Å². The Kier molecular flexibility index (Phi) is 6.13. The first kappa shape index (κ1) is 19.4. The van der Waals surface area contributed by atoms with Crippen molar-refractivity contribution in [3.8, 4) is 5.75 Å². The maximum atomic E-state index is 12.1. The first-order valence-electron chi connectivity index (χ1n) is 9.31. The van der Waals surface area contributed by atoms with E-state index in [4.69, 9.17) is 9.15 Å². The van der Waals surface area contributed by atoms with E-state index in [9.17, 15) is 9.59 Å². The molecule has 0 aliphatic carbocycles. The van der Waals surface area contributed by atoms with Crippen molar-refractivity contribution < 1.29 is 13.9 Å². The van der Waals surface area contributed by atoms with E-state index in [1.54, 1.807) is 12.1 Å². The summed E-state index contributed by atoms with van der Waals surface area (Å²) < 4.78 is 10.8. The molecule has 2 heterocycles. The van der Waals surface area contributed by atoms with Crippen molar-refractivity contribution in [2.24, 2.45) is 0 Å². The lowest BCUT2D eigenvalue weighted by molar-refractivity contribution is -0.123. The molecule has 1 aromatic heterocycles. The van der Waals surface area contributed by atoms with Gasteiger partial charge in [-0.05, 0) is 38.2 Å². The maximum Gasteiger partial charge on any atom is 0.336 e. The number of aryl methyl sites for hydroxylation is 1. The van der Waals surface area contributed by atoms with Crippen LogP contribution in [0.3, 0.4) is 0 Å². The molecule has 146 valence electrons. The fourth-order valence-corrected chi connectivity index (χ4v) is 3.35. The lowest BCUT2D eigenvalue weighted by Gasteiger charge is -2.37. The Morgan fingerprint density at radius 3 is 2.89 bits per heavy atom. The minimum atomic E-state index is -0.379. The van der Waals surface area contributed by atoms with E-state index in [1.807, 2.05) is 13.0 Å². The average molecular weight is 373 g/mol. The number of hydrogen-bond donors (Lipinski definition) is 1. The van der Waals surface area contributed by atoms with Crippen LogP contribution in [0.2, 0.25) is 0 Å². The van der Waals surface area contributed by atoms with Crippen LogP contribution in [0.25, 0.3) is 11.0 Å². The van der Waals surface area contributed by atoms with E-state index < -0.39 is 0 Å². The number of fused-ring (bicyclic) bond motifs is 1. The van der Waals surface area contributed by atoms with Gasteiger partial charge in [-0.2, -0.15) is 0 Å². The number of carbonyl (C=O) groups is 1. The summed E-state index contributed by atoms with van der Waals surface area (Å²) in [6.45, 7) is 5.48. The number of rotatable bonds is 6. The third-order valence-electron chi connectivity index (χ3n) is 5.07. The molecule has 3 rings (SSSR count). The fraction of sp³-hybridized carbons (Fsp3) is 0.500. The predicted molar refractivity (Wildman–Crippen MR) is 104 cm³/mol. The summed E-state index contributed by atoms with van der Waals surface area (Å²) in [6, 6.07) is 7.12. The number of benzene rings is 1. The Labute approximate surface area is 158 Å². The molecule has 0 bridgehead atoms. The van der Waals surface area contributed by atoms with Crippen molar-refractivity contribution >= 4 is 16.9 Å². The molecule has 1 aliphatic rings. The molecule has 2 aromatic rings. The molecule has 1 aliphatic heterocycles. The number of amides is 1. The summed E-state index contributed by atoms with van der Waals surface area (Å²) in [7, 11) is 4.17. The lowest BCUT2D eigenvalue weighted by atomic mass is 10.1. The number of nitrogens with zero attached hydrogens (tertiary/aromatic N) is 2. The van der Waals surface area contributed by atoms with Crippen LogP contribution in [-0.2, 0) is 11.2 Å². The Morgan fingerprint density at radius 1 is 1.30 bits per heavy atom. The van der Waals surface area contributed by atoms with Gasteiger partial charge < -0.3 is 19.4 Å². The minimum absolute atomic E-state index is 0.0739. The number of carbonyl (C=O) groups excluding carboxylic acids is 1.